The Morgan fingerprint density at radius 3 is 2.76 bits per heavy atom. The highest BCUT2D eigenvalue weighted by Crippen LogP contribution is 2.37. The van der Waals surface area contributed by atoms with Crippen LogP contribution >= 0.6 is 22.6 Å². The summed E-state index contributed by atoms with van der Waals surface area (Å²) in [5, 5.41) is 0. The molecule has 1 aliphatic rings. The Morgan fingerprint density at radius 1 is 1.41 bits per heavy atom. The summed E-state index contributed by atoms with van der Waals surface area (Å²) in [5.74, 6) is -0.746. The lowest BCUT2D eigenvalue weighted by Crippen LogP contribution is -2.16. The molecule has 0 heterocycles. The Bertz CT molecular complexity index is 445. The molecule has 0 amide bonds. The fraction of sp³-hybridized carbons (Fsp3) is 0.462. The third-order valence-electron chi connectivity index (χ3n) is 3.26. The Kier molecular flexibility index (Phi) is 3.80. The smallest absolute Gasteiger partial charge is 0.137 e. The molecular weight excluding hydrogens is 337 g/mol. The summed E-state index contributed by atoms with van der Waals surface area (Å²) in [4.78, 5) is 11.4. The van der Waals surface area contributed by atoms with Crippen molar-refractivity contribution in [1.82, 2.24) is 0 Å². The van der Waals surface area contributed by atoms with E-state index in [-0.39, 0.29) is 17.5 Å². The average Bonchev–Trinajstić information content (AvgIpc) is 2.27. The van der Waals surface area contributed by atoms with Crippen LogP contribution in [0.15, 0.2) is 6.07 Å². The lowest BCUT2D eigenvalue weighted by molar-refractivity contribution is -0.120. The summed E-state index contributed by atoms with van der Waals surface area (Å²) in [5.41, 5.74) is 0.715. The van der Waals surface area contributed by atoms with Crippen molar-refractivity contribution in [3.63, 3.8) is 0 Å². The van der Waals surface area contributed by atoms with Crippen molar-refractivity contribution in [2.45, 2.75) is 38.5 Å². The first kappa shape index (κ1) is 12.9. The third kappa shape index (κ3) is 2.51. The van der Waals surface area contributed by atoms with Gasteiger partial charge in [-0.05, 0) is 59.9 Å². The second-order valence-corrected chi connectivity index (χ2v) is 5.63. The molecule has 1 aromatic carbocycles. The summed E-state index contributed by atoms with van der Waals surface area (Å²) >= 11 is 1.83. The minimum Gasteiger partial charge on any atom is -0.300 e. The first-order chi connectivity index (χ1) is 8.00. The summed E-state index contributed by atoms with van der Waals surface area (Å²) in [7, 11) is 0. The number of aryl methyl sites for hydroxylation is 1. The van der Waals surface area contributed by atoms with E-state index in [1.165, 1.54) is 6.07 Å². The molecule has 1 unspecified atom stereocenters. The predicted octanol–water partition coefficient (Wildman–Crippen LogP) is 4.10. The number of halogens is 3. The van der Waals surface area contributed by atoms with Gasteiger partial charge >= 0.3 is 0 Å². The van der Waals surface area contributed by atoms with Gasteiger partial charge in [-0.15, -0.1) is 0 Å². The minimum absolute atomic E-state index is 0.151. The molecule has 1 aliphatic carbocycles. The van der Waals surface area contributed by atoms with Crippen LogP contribution in [-0.4, -0.2) is 5.78 Å². The van der Waals surface area contributed by atoms with Crippen LogP contribution < -0.4 is 0 Å². The van der Waals surface area contributed by atoms with Gasteiger partial charge in [0, 0.05) is 18.4 Å². The zero-order chi connectivity index (χ0) is 12.6. The van der Waals surface area contributed by atoms with E-state index in [0.717, 1.165) is 12.8 Å². The zero-order valence-electron chi connectivity index (χ0n) is 9.53. The predicted molar refractivity (Wildman–Crippen MR) is 70.0 cm³/mol. The van der Waals surface area contributed by atoms with Gasteiger partial charge in [-0.2, -0.15) is 0 Å². The minimum atomic E-state index is -0.391. The van der Waals surface area contributed by atoms with E-state index in [1.807, 2.05) is 22.6 Å². The van der Waals surface area contributed by atoms with E-state index >= 15 is 0 Å². The molecule has 17 heavy (non-hydrogen) atoms. The molecule has 1 fully saturated rings. The van der Waals surface area contributed by atoms with Gasteiger partial charge in [0.05, 0.1) is 3.57 Å². The van der Waals surface area contributed by atoms with Crippen LogP contribution in [0.3, 0.4) is 0 Å². The Morgan fingerprint density at radius 2 is 2.12 bits per heavy atom. The fourth-order valence-electron chi connectivity index (χ4n) is 2.38. The number of benzene rings is 1. The van der Waals surface area contributed by atoms with Crippen LogP contribution in [0.5, 0.6) is 0 Å². The number of ketones is 1. The standard InChI is InChI=1S/C13H13F2IO/c1-7-5-10(14)13(16)11(12(7)15)8-3-2-4-9(17)6-8/h5,8H,2-4,6H2,1H3. The number of rotatable bonds is 1. The Balaban J connectivity index is 2.46. The maximum Gasteiger partial charge on any atom is 0.137 e. The van der Waals surface area contributed by atoms with E-state index in [2.05, 4.69) is 0 Å². The van der Waals surface area contributed by atoms with E-state index in [4.69, 9.17) is 0 Å². The lowest BCUT2D eigenvalue weighted by Gasteiger charge is -2.23. The Labute approximate surface area is 113 Å². The van der Waals surface area contributed by atoms with Gasteiger partial charge < -0.3 is 0 Å². The number of carbonyl (C=O) groups is 1. The quantitative estimate of drug-likeness (QED) is 0.551. The normalized spacial score (nSPS) is 20.7. The maximum absolute atomic E-state index is 14.1. The molecule has 2 rings (SSSR count). The second kappa shape index (κ2) is 5.00. The topological polar surface area (TPSA) is 17.1 Å². The van der Waals surface area contributed by atoms with Crippen molar-refractivity contribution < 1.29 is 13.6 Å². The van der Waals surface area contributed by atoms with E-state index in [1.54, 1.807) is 6.92 Å². The largest absolute Gasteiger partial charge is 0.300 e. The van der Waals surface area contributed by atoms with Crippen molar-refractivity contribution in [3.8, 4) is 0 Å². The highest BCUT2D eigenvalue weighted by atomic mass is 127. The van der Waals surface area contributed by atoms with Crippen LogP contribution in [-0.2, 0) is 4.79 Å². The van der Waals surface area contributed by atoms with Crippen molar-refractivity contribution >= 4 is 28.4 Å². The highest BCUT2D eigenvalue weighted by Gasteiger charge is 2.27. The lowest BCUT2D eigenvalue weighted by atomic mass is 9.82. The van der Waals surface area contributed by atoms with Crippen LogP contribution in [0.4, 0.5) is 8.78 Å². The summed E-state index contributed by atoms with van der Waals surface area (Å²) in [6.45, 7) is 1.56. The molecule has 1 aromatic rings. The molecule has 0 spiro atoms. The number of carbonyl (C=O) groups excluding carboxylic acids is 1. The van der Waals surface area contributed by atoms with Crippen LogP contribution in [0.2, 0.25) is 0 Å². The van der Waals surface area contributed by atoms with Crippen molar-refractivity contribution in [1.29, 1.82) is 0 Å². The zero-order valence-corrected chi connectivity index (χ0v) is 11.7. The van der Waals surface area contributed by atoms with E-state index in [0.29, 0.717) is 27.5 Å². The molecule has 0 bridgehead atoms. The first-order valence-corrected chi connectivity index (χ1v) is 6.74. The molecule has 0 radical (unpaired) electrons. The molecule has 1 nitrogen and oxygen atoms in total. The SMILES string of the molecule is Cc1cc(F)c(I)c(C2CCCC(=O)C2)c1F. The van der Waals surface area contributed by atoms with Crippen LogP contribution in [0, 0.1) is 22.1 Å². The molecule has 0 aliphatic heterocycles. The van der Waals surface area contributed by atoms with Crippen molar-refractivity contribution in [2.24, 2.45) is 0 Å². The van der Waals surface area contributed by atoms with Crippen molar-refractivity contribution in [3.05, 3.63) is 32.4 Å². The Hall–Kier alpha value is -0.520. The first-order valence-electron chi connectivity index (χ1n) is 5.66. The monoisotopic (exact) mass is 350 g/mol. The molecule has 0 saturated heterocycles. The molecular formula is C13H13F2IO. The molecule has 4 heteroatoms. The van der Waals surface area contributed by atoms with Gasteiger partial charge in [0.2, 0.25) is 0 Å². The number of Topliss-reactive ketones (excluding diaryl/α,β-unsaturated/α-hetero) is 1. The number of hydrogen-bond acceptors (Lipinski definition) is 1. The average molecular weight is 350 g/mol. The summed E-state index contributed by atoms with van der Waals surface area (Å²) in [6, 6.07) is 1.21. The van der Waals surface area contributed by atoms with Gasteiger partial charge in [-0.25, -0.2) is 8.78 Å². The van der Waals surface area contributed by atoms with Crippen molar-refractivity contribution in [2.75, 3.05) is 0 Å². The third-order valence-corrected chi connectivity index (χ3v) is 4.36. The molecule has 1 atom stereocenters. The highest BCUT2D eigenvalue weighted by molar-refractivity contribution is 14.1. The fourth-order valence-corrected chi connectivity index (χ4v) is 3.22. The van der Waals surface area contributed by atoms with Gasteiger partial charge in [-0.3, -0.25) is 4.79 Å². The second-order valence-electron chi connectivity index (χ2n) is 4.55. The maximum atomic E-state index is 14.1. The number of hydrogen-bond donors (Lipinski definition) is 0. The van der Waals surface area contributed by atoms with Gasteiger partial charge in [0.15, 0.2) is 0 Å². The van der Waals surface area contributed by atoms with E-state index in [9.17, 15) is 13.6 Å². The summed E-state index contributed by atoms with van der Waals surface area (Å²) < 4.78 is 28.0. The molecule has 0 N–H and O–H groups in total. The molecule has 92 valence electrons. The van der Waals surface area contributed by atoms with Gasteiger partial charge in [0.25, 0.3) is 0 Å². The van der Waals surface area contributed by atoms with Crippen LogP contribution in [0.1, 0.15) is 42.7 Å². The van der Waals surface area contributed by atoms with Gasteiger partial charge in [0.1, 0.15) is 17.4 Å². The molecule has 1 saturated carbocycles. The summed E-state index contributed by atoms with van der Waals surface area (Å²) in [6.07, 6.45) is 2.45. The van der Waals surface area contributed by atoms with E-state index < -0.39 is 5.82 Å². The van der Waals surface area contributed by atoms with Crippen LogP contribution in [0.25, 0.3) is 0 Å². The van der Waals surface area contributed by atoms with Gasteiger partial charge in [-0.1, -0.05) is 0 Å². The molecule has 0 aromatic heterocycles.